The molecule has 0 aliphatic heterocycles. The summed E-state index contributed by atoms with van der Waals surface area (Å²) in [6.45, 7) is 2.17. The Morgan fingerprint density at radius 1 is 1.33 bits per heavy atom. The van der Waals surface area contributed by atoms with E-state index in [0.717, 1.165) is 17.4 Å². The highest BCUT2D eigenvalue weighted by molar-refractivity contribution is 7.99. The molecule has 1 aromatic carbocycles. The number of nitrogens with one attached hydrogen (secondary N) is 1. The second-order valence-corrected chi connectivity index (χ2v) is 6.57. The fourth-order valence-corrected chi connectivity index (χ4v) is 3.96. The first-order chi connectivity index (χ1) is 8.79. The number of benzene rings is 1. The first kappa shape index (κ1) is 13.9. The lowest BCUT2D eigenvalue weighted by Crippen LogP contribution is -2.39. The van der Waals surface area contributed by atoms with E-state index in [1.807, 2.05) is 0 Å². The summed E-state index contributed by atoms with van der Waals surface area (Å²) in [6.07, 6.45) is 6.65. The van der Waals surface area contributed by atoms with Crippen LogP contribution in [-0.4, -0.2) is 17.0 Å². The van der Waals surface area contributed by atoms with Crippen LogP contribution in [0.5, 0.6) is 0 Å². The van der Waals surface area contributed by atoms with Crippen molar-refractivity contribution in [2.45, 2.75) is 50.3 Å². The summed E-state index contributed by atoms with van der Waals surface area (Å²) in [5, 5.41) is 0.873. The van der Waals surface area contributed by atoms with Gasteiger partial charge in [-0.3, -0.25) is 11.3 Å². The SMILES string of the molecule is Cc1ccccc1CC(CSC1CCCC1)NN. The maximum atomic E-state index is 5.69. The lowest BCUT2D eigenvalue weighted by molar-refractivity contribution is 0.573. The van der Waals surface area contributed by atoms with Crippen molar-refractivity contribution in [1.82, 2.24) is 5.43 Å². The summed E-state index contributed by atoms with van der Waals surface area (Å²) in [6, 6.07) is 8.97. The van der Waals surface area contributed by atoms with Gasteiger partial charge in [0.2, 0.25) is 0 Å². The van der Waals surface area contributed by atoms with Crippen molar-refractivity contribution in [3.8, 4) is 0 Å². The maximum absolute atomic E-state index is 5.69. The molecular formula is C15H24N2S. The molecule has 0 saturated heterocycles. The van der Waals surface area contributed by atoms with Gasteiger partial charge in [0.15, 0.2) is 0 Å². The molecule has 1 fully saturated rings. The van der Waals surface area contributed by atoms with Crippen molar-refractivity contribution in [1.29, 1.82) is 0 Å². The summed E-state index contributed by atoms with van der Waals surface area (Å²) in [5.74, 6) is 6.81. The molecule has 0 radical (unpaired) electrons. The van der Waals surface area contributed by atoms with E-state index in [1.165, 1.54) is 36.8 Å². The van der Waals surface area contributed by atoms with E-state index in [0.29, 0.717) is 6.04 Å². The molecule has 0 amide bonds. The molecule has 3 heteroatoms. The first-order valence-electron chi connectivity index (χ1n) is 6.92. The molecule has 0 bridgehead atoms. The molecule has 2 rings (SSSR count). The molecule has 1 atom stereocenters. The van der Waals surface area contributed by atoms with Gasteiger partial charge in [-0.1, -0.05) is 37.1 Å². The fraction of sp³-hybridized carbons (Fsp3) is 0.600. The topological polar surface area (TPSA) is 38.0 Å². The molecule has 1 unspecified atom stereocenters. The van der Waals surface area contributed by atoms with Crippen LogP contribution in [0.25, 0.3) is 0 Å². The van der Waals surface area contributed by atoms with Gasteiger partial charge in [0.1, 0.15) is 0 Å². The standard InChI is InChI=1S/C15H24N2S/c1-12-6-2-3-7-13(12)10-14(17-16)11-18-15-8-4-5-9-15/h2-3,6-7,14-15,17H,4-5,8-11,16H2,1H3. The van der Waals surface area contributed by atoms with E-state index in [4.69, 9.17) is 5.84 Å². The highest BCUT2D eigenvalue weighted by atomic mass is 32.2. The molecule has 1 aromatic rings. The summed E-state index contributed by atoms with van der Waals surface area (Å²) in [5.41, 5.74) is 5.76. The first-order valence-corrected chi connectivity index (χ1v) is 7.96. The summed E-state index contributed by atoms with van der Waals surface area (Å²) in [4.78, 5) is 0. The molecular weight excluding hydrogens is 240 g/mol. The van der Waals surface area contributed by atoms with Crippen molar-refractivity contribution < 1.29 is 0 Å². The molecule has 3 N–H and O–H groups in total. The largest absolute Gasteiger partial charge is 0.271 e. The van der Waals surface area contributed by atoms with E-state index >= 15 is 0 Å². The third-order valence-corrected chi connectivity index (χ3v) is 5.34. The summed E-state index contributed by atoms with van der Waals surface area (Å²) < 4.78 is 0. The van der Waals surface area contributed by atoms with Gasteiger partial charge in [-0.2, -0.15) is 11.8 Å². The average Bonchev–Trinajstić information content (AvgIpc) is 2.90. The summed E-state index contributed by atoms with van der Waals surface area (Å²) in [7, 11) is 0. The Hall–Kier alpha value is -0.510. The van der Waals surface area contributed by atoms with Gasteiger partial charge in [0.05, 0.1) is 0 Å². The van der Waals surface area contributed by atoms with Crippen LogP contribution in [0.4, 0.5) is 0 Å². The number of aryl methyl sites for hydroxylation is 1. The predicted molar refractivity (Wildman–Crippen MR) is 80.7 cm³/mol. The fourth-order valence-electron chi connectivity index (χ4n) is 2.58. The van der Waals surface area contributed by atoms with Gasteiger partial charge in [0, 0.05) is 17.0 Å². The Bertz CT molecular complexity index is 361. The Kier molecular flexibility index (Phi) is 5.54. The minimum Gasteiger partial charge on any atom is -0.271 e. The van der Waals surface area contributed by atoms with Crippen LogP contribution in [0.2, 0.25) is 0 Å². The number of hydrogen-bond donors (Lipinski definition) is 2. The van der Waals surface area contributed by atoms with Crippen LogP contribution in [0, 0.1) is 6.92 Å². The maximum Gasteiger partial charge on any atom is 0.0341 e. The third-order valence-electron chi connectivity index (χ3n) is 3.80. The van der Waals surface area contributed by atoms with Crippen molar-refractivity contribution >= 4 is 11.8 Å². The smallest absolute Gasteiger partial charge is 0.0341 e. The molecule has 100 valence electrons. The van der Waals surface area contributed by atoms with Gasteiger partial charge in [-0.15, -0.1) is 0 Å². The van der Waals surface area contributed by atoms with Crippen LogP contribution in [0.15, 0.2) is 24.3 Å². The molecule has 0 aromatic heterocycles. The van der Waals surface area contributed by atoms with Gasteiger partial charge in [0.25, 0.3) is 0 Å². The van der Waals surface area contributed by atoms with Crippen molar-refractivity contribution in [3.05, 3.63) is 35.4 Å². The van der Waals surface area contributed by atoms with Crippen LogP contribution >= 0.6 is 11.8 Å². The molecule has 1 aliphatic carbocycles. The normalized spacial score (nSPS) is 18.1. The monoisotopic (exact) mass is 264 g/mol. The Labute approximate surface area is 115 Å². The van der Waals surface area contributed by atoms with Crippen molar-refractivity contribution in [2.24, 2.45) is 5.84 Å². The number of hydrogen-bond acceptors (Lipinski definition) is 3. The quantitative estimate of drug-likeness (QED) is 0.612. The molecule has 0 heterocycles. The van der Waals surface area contributed by atoms with E-state index in [2.05, 4.69) is 48.4 Å². The summed E-state index contributed by atoms with van der Waals surface area (Å²) >= 11 is 2.10. The van der Waals surface area contributed by atoms with Crippen LogP contribution in [-0.2, 0) is 6.42 Å². The van der Waals surface area contributed by atoms with Gasteiger partial charge >= 0.3 is 0 Å². The van der Waals surface area contributed by atoms with Crippen LogP contribution in [0.1, 0.15) is 36.8 Å². The molecule has 18 heavy (non-hydrogen) atoms. The zero-order valence-corrected chi connectivity index (χ0v) is 12.0. The zero-order chi connectivity index (χ0) is 12.8. The third kappa shape index (κ3) is 4.01. The lowest BCUT2D eigenvalue weighted by atomic mass is 10.0. The average molecular weight is 264 g/mol. The second kappa shape index (κ2) is 7.17. The molecule has 0 spiro atoms. The van der Waals surface area contributed by atoms with E-state index in [1.54, 1.807) is 0 Å². The lowest BCUT2D eigenvalue weighted by Gasteiger charge is -2.19. The van der Waals surface area contributed by atoms with Crippen LogP contribution < -0.4 is 11.3 Å². The van der Waals surface area contributed by atoms with Crippen molar-refractivity contribution in [2.75, 3.05) is 5.75 Å². The Morgan fingerprint density at radius 3 is 2.72 bits per heavy atom. The number of thioether (sulfide) groups is 1. The number of hydrazine groups is 1. The minimum atomic E-state index is 0.386. The van der Waals surface area contributed by atoms with E-state index in [9.17, 15) is 0 Å². The second-order valence-electron chi connectivity index (χ2n) is 5.23. The highest BCUT2D eigenvalue weighted by Crippen LogP contribution is 2.30. The predicted octanol–water partition coefficient (Wildman–Crippen LogP) is 3.05. The molecule has 1 aliphatic rings. The Morgan fingerprint density at radius 2 is 2.06 bits per heavy atom. The van der Waals surface area contributed by atoms with Gasteiger partial charge in [-0.25, -0.2) is 0 Å². The van der Waals surface area contributed by atoms with Crippen molar-refractivity contribution in [3.63, 3.8) is 0 Å². The van der Waals surface area contributed by atoms with E-state index < -0.39 is 0 Å². The molecule has 2 nitrogen and oxygen atoms in total. The number of rotatable bonds is 6. The number of nitrogens with two attached hydrogens (primary N) is 1. The zero-order valence-electron chi connectivity index (χ0n) is 11.2. The van der Waals surface area contributed by atoms with Crippen LogP contribution in [0.3, 0.4) is 0 Å². The Balaban J connectivity index is 1.83. The molecule has 1 saturated carbocycles. The van der Waals surface area contributed by atoms with Gasteiger partial charge in [-0.05, 0) is 37.3 Å². The van der Waals surface area contributed by atoms with E-state index in [-0.39, 0.29) is 0 Å². The highest BCUT2D eigenvalue weighted by Gasteiger charge is 2.17. The minimum absolute atomic E-state index is 0.386. The van der Waals surface area contributed by atoms with Gasteiger partial charge < -0.3 is 0 Å².